The van der Waals surface area contributed by atoms with Crippen LogP contribution in [-0.4, -0.2) is 5.78 Å². The molecular formula is C13H4BrF5O. The number of ketones is 1. The van der Waals surface area contributed by atoms with Gasteiger partial charge in [0.15, 0.2) is 23.3 Å². The highest BCUT2D eigenvalue weighted by Crippen LogP contribution is 2.26. The smallest absolute Gasteiger partial charge is 0.202 e. The lowest BCUT2D eigenvalue weighted by atomic mass is 10.0. The molecule has 2 aromatic carbocycles. The normalized spacial score (nSPS) is 10.7. The fraction of sp³-hybridized carbons (Fsp3) is 0. The van der Waals surface area contributed by atoms with Crippen LogP contribution in [0.5, 0.6) is 0 Å². The molecule has 0 atom stereocenters. The summed E-state index contributed by atoms with van der Waals surface area (Å²) in [7, 11) is 0. The van der Waals surface area contributed by atoms with Crippen LogP contribution in [0.2, 0.25) is 0 Å². The van der Waals surface area contributed by atoms with Gasteiger partial charge < -0.3 is 0 Å². The number of hydrogen-bond donors (Lipinski definition) is 0. The Kier molecular flexibility index (Phi) is 3.89. The van der Waals surface area contributed by atoms with E-state index in [9.17, 15) is 26.7 Å². The van der Waals surface area contributed by atoms with Crippen molar-refractivity contribution in [2.75, 3.05) is 0 Å². The monoisotopic (exact) mass is 350 g/mol. The molecule has 0 aromatic heterocycles. The third-order valence-electron chi connectivity index (χ3n) is 2.55. The summed E-state index contributed by atoms with van der Waals surface area (Å²) in [5.74, 6) is -9.09. The number of benzene rings is 2. The first-order valence-corrected chi connectivity index (χ1v) is 5.95. The van der Waals surface area contributed by atoms with Gasteiger partial charge in [-0.3, -0.25) is 4.79 Å². The van der Waals surface area contributed by atoms with Crippen molar-refractivity contribution in [3.8, 4) is 0 Å². The summed E-state index contributed by atoms with van der Waals surface area (Å²) in [6, 6.07) is 2.93. The Labute approximate surface area is 118 Å². The molecule has 2 rings (SSSR count). The van der Waals surface area contributed by atoms with Crippen LogP contribution in [0.3, 0.4) is 0 Å². The molecule has 2 aromatic rings. The Morgan fingerprint density at radius 3 is 2.05 bits per heavy atom. The van der Waals surface area contributed by atoms with Gasteiger partial charge >= 0.3 is 0 Å². The molecule has 0 aliphatic carbocycles. The number of halogens is 6. The van der Waals surface area contributed by atoms with Crippen molar-refractivity contribution in [3.63, 3.8) is 0 Å². The molecule has 0 radical (unpaired) electrons. The van der Waals surface area contributed by atoms with Gasteiger partial charge in [0.1, 0.15) is 5.82 Å². The number of rotatable bonds is 2. The van der Waals surface area contributed by atoms with Crippen molar-refractivity contribution < 1.29 is 26.7 Å². The van der Waals surface area contributed by atoms with Gasteiger partial charge in [0.05, 0.1) is 15.6 Å². The maximum absolute atomic E-state index is 13.7. The lowest BCUT2D eigenvalue weighted by Crippen LogP contribution is -2.11. The Morgan fingerprint density at radius 1 is 0.800 bits per heavy atom. The minimum absolute atomic E-state index is 0.217. The summed E-state index contributed by atoms with van der Waals surface area (Å²) in [5.41, 5.74) is -2.01. The second-order valence-electron chi connectivity index (χ2n) is 3.77. The molecule has 0 amide bonds. The summed E-state index contributed by atoms with van der Waals surface area (Å²) in [4.78, 5) is 11.9. The summed E-state index contributed by atoms with van der Waals surface area (Å²) in [6.45, 7) is 0. The average Bonchev–Trinajstić information content (AvgIpc) is 2.41. The van der Waals surface area contributed by atoms with Gasteiger partial charge in [-0.25, -0.2) is 22.0 Å². The first kappa shape index (κ1) is 14.6. The third kappa shape index (κ3) is 2.33. The molecule has 0 heterocycles. The summed E-state index contributed by atoms with van der Waals surface area (Å²) in [6.07, 6.45) is 0. The zero-order valence-corrected chi connectivity index (χ0v) is 11.1. The highest BCUT2D eigenvalue weighted by Gasteiger charge is 2.25. The quantitative estimate of drug-likeness (QED) is 0.340. The maximum Gasteiger partial charge on any atom is 0.202 e. The zero-order chi connectivity index (χ0) is 15.0. The topological polar surface area (TPSA) is 17.1 Å². The van der Waals surface area contributed by atoms with Crippen molar-refractivity contribution >= 4 is 21.7 Å². The van der Waals surface area contributed by atoms with E-state index < -0.39 is 46.0 Å². The molecule has 0 N–H and O–H groups in total. The molecule has 0 saturated heterocycles. The van der Waals surface area contributed by atoms with Crippen molar-refractivity contribution in [1.29, 1.82) is 0 Å². The van der Waals surface area contributed by atoms with Gasteiger partial charge in [0.2, 0.25) is 5.78 Å². The van der Waals surface area contributed by atoms with Crippen LogP contribution >= 0.6 is 15.9 Å². The van der Waals surface area contributed by atoms with Crippen LogP contribution in [0, 0.1) is 29.1 Å². The minimum atomic E-state index is -1.88. The van der Waals surface area contributed by atoms with Crippen molar-refractivity contribution in [1.82, 2.24) is 0 Å². The Hall–Kier alpha value is -1.76. The van der Waals surface area contributed by atoms with E-state index in [-0.39, 0.29) is 4.47 Å². The van der Waals surface area contributed by atoms with Crippen LogP contribution in [0.25, 0.3) is 0 Å². The SMILES string of the molecule is O=C(c1ccc(F)c(F)c1F)c1c(F)ccc(Br)c1F. The van der Waals surface area contributed by atoms with E-state index in [1.165, 1.54) is 0 Å². The van der Waals surface area contributed by atoms with Crippen LogP contribution < -0.4 is 0 Å². The molecule has 0 aliphatic rings. The van der Waals surface area contributed by atoms with E-state index in [4.69, 9.17) is 0 Å². The standard InChI is InChI=1S/C13H4BrF5O/c14-6-2-4-7(15)9(11(6)18)13(20)5-1-3-8(16)12(19)10(5)17/h1-4H. The van der Waals surface area contributed by atoms with Crippen molar-refractivity contribution in [2.24, 2.45) is 0 Å². The summed E-state index contributed by atoms with van der Waals surface area (Å²) >= 11 is 2.74. The van der Waals surface area contributed by atoms with Gasteiger partial charge in [-0.2, -0.15) is 0 Å². The lowest BCUT2D eigenvalue weighted by molar-refractivity contribution is 0.102. The van der Waals surface area contributed by atoms with E-state index in [2.05, 4.69) is 15.9 Å². The van der Waals surface area contributed by atoms with E-state index >= 15 is 0 Å². The Bertz CT molecular complexity index is 714. The number of carbonyl (C=O) groups excluding carboxylic acids is 1. The summed E-state index contributed by atoms with van der Waals surface area (Å²) < 4.78 is 66.3. The number of hydrogen-bond acceptors (Lipinski definition) is 1. The minimum Gasteiger partial charge on any atom is -0.288 e. The molecule has 0 unspecified atom stereocenters. The van der Waals surface area contributed by atoms with E-state index in [1.54, 1.807) is 0 Å². The number of carbonyl (C=O) groups is 1. The van der Waals surface area contributed by atoms with Gasteiger partial charge in [0.25, 0.3) is 0 Å². The fourth-order valence-corrected chi connectivity index (χ4v) is 1.90. The van der Waals surface area contributed by atoms with Gasteiger partial charge in [0, 0.05) is 0 Å². The maximum atomic E-state index is 13.7. The lowest BCUT2D eigenvalue weighted by Gasteiger charge is -2.07. The predicted molar refractivity (Wildman–Crippen MR) is 63.8 cm³/mol. The van der Waals surface area contributed by atoms with Crippen LogP contribution in [0.15, 0.2) is 28.7 Å². The van der Waals surface area contributed by atoms with E-state index in [1.807, 2.05) is 0 Å². The summed E-state index contributed by atoms with van der Waals surface area (Å²) in [5, 5.41) is 0. The van der Waals surface area contributed by atoms with E-state index in [0.717, 1.165) is 12.1 Å². The van der Waals surface area contributed by atoms with Crippen molar-refractivity contribution in [2.45, 2.75) is 0 Å². The van der Waals surface area contributed by atoms with Gasteiger partial charge in [-0.15, -0.1) is 0 Å². The molecule has 104 valence electrons. The second-order valence-corrected chi connectivity index (χ2v) is 4.62. The predicted octanol–water partition coefficient (Wildman–Crippen LogP) is 4.38. The first-order chi connectivity index (χ1) is 9.34. The van der Waals surface area contributed by atoms with Crippen LogP contribution in [-0.2, 0) is 0 Å². The third-order valence-corrected chi connectivity index (χ3v) is 3.16. The largest absolute Gasteiger partial charge is 0.288 e. The highest BCUT2D eigenvalue weighted by atomic mass is 79.9. The first-order valence-electron chi connectivity index (χ1n) is 5.16. The molecule has 7 heteroatoms. The van der Waals surface area contributed by atoms with E-state index in [0.29, 0.717) is 12.1 Å². The van der Waals surface area contributed by atoms with Crippen LogP contribution in [0.1, 0.15) is 15.9 Å². The van der Waals surface area contributed by atoms with Crippen molar-refractivity contribution in [3.05, 3.63) is 69.0 Å². The Balaban J connectivity index is 2.64. The molecule has 0 aliphatic heterocycles. The molecule has 0 saturated carbocycles. The molecule has 20 heavy (non-hydrogen) atoms. The Morgan fingerprint density at radius 2 is 1.40 bits per heavy atom. The molecular weight excluding hydrogens is 347 g/mol. The second kappa shape index (κ2) is 5.32. The molecule has 0 fully saturated rings. The highest BCUT2D eigenvalue weighted by molar-refractivity contribution is 9.10. The molecule has 0 bridgehead atoms. The molecule has 1 nitrogen and oxygen atoms in total. The zero-order valence-electron chi connectivity index (χ0n) is 9.49. The fourth-order valence-electron chi connectivity index (χ4n) is 1.57. The van der Waals surface area contributed by atoms with Crippen LogP contribution in [0.4, 0.5) is 22.0 Å². The molecule has 0 spiro atoms. The van der Waals surface area contributed by atoms with Gasteiger partial charge in [-0.05, 0) is 40.2 Å². The van der Waals surface area contributed by atoms with Gasteiger partial charge in [-0.1, -0.05) is 0 Å². The average molecular weight is 351 g/mol.